The van der Waals surface area contributed by atoms with E-state index in [1.54, 1.807) is 0 Å². The summed E-state index contributed by atoms with van der Waals surface area (Å²) in [6.45, 7) is 12.6. The number of hydrogen-bond donors (Lipinski definition) is 2. The minimum Gasteiger partial charge on any atom is -0.410 e. The molecule has 3 radical (unpaired) electrons. The second kappa shape index (κ2) is 6.09. The van der Waals surface area contributed by atoms with E-state index in [-0.39, 0.29) is 25.6 Å². The molecule has 0 unspecified atom stereocenters. The molecular weight excluding hydrogens is 269 g/mol. The zero-order valence-corrected chi connectivity index (χ0v) is 14.5. The maximum Gasteiger partial charge on any atom is 0.192 e. The quantitative estimate of drug-likeness (QED) is 0.752. The summed E-state index contributed by atoms with van der Waals surface area (Å²) in [5.74, 6) is 0. The fourth-order valence-electron chi connectivity index (χ4n) is 2.91. The summed E-state index contributed by atoms with van der Waals surface area (Å²) in [7, 11) is -1.92. The van der Waals surface area contributed by atoms with Gasteiger partial charge in [0.1, 0.15) is 6.10 Å². The van der Waals surface area contributed by atoms with E-state index in [9.17, 15) is 10.2 Å². The largest absolute Gasteiger partial charge is 0.410 e. The fraction of sp³-hybridized carbons (Fsp3) is 1.00. The molecule has 2 aliphatic heterocycles. The Labute approximate surface area is 126 Å². The van der Waals surface area contributed by atoms with Crippen LogP contribution in [0.2, 0.25) is 18.1 Å². The van der Waals surface area contributed by atoms with Crippen LogP contribution in [0.25, 0.3) is 0 Å². The minimum atomic E-state index is -1.92. The van der Waals surface area contributed by atoms with Gasteiger partial charge in [-0.05, 0) is 37.5 Å². The Morgan fingerprint density at radius 2 is 1.80 bits per heavy atom. The summed E-state index contributed by atoms with van der Waals surface area (Å²) in [5, 5.41) is 20.5. The summed E-state index contributed by atoms with van der Waals surface area (Å²) in [4.78, 5) is 2.29. The maximum atomic E-state index is 10.3. The maximum absolute atomic E-state index is 10.3. The third kappa shape index (κ3) is 3.30. The molecule has 2 saturated heterocycles. The third-order valence-corrected chi connectivity index (χ3v) is 9.66. The van der Waals surface area contributed by atoms with Crippen molar-refractivity contribution in [2.45, 2.75) is 76.1 Å². The Bertz CT molecular complexity index is 335. The lowest BCUT2D eigenvalue weighted by Gasteiger charge is -2.48. The van der Waals surface area contributed by atoms with Crippen LogP contribution in [-0.2, 0) is 4.43 Å². The van der Waals surface area contributed by atoms with Gasteiger partial charge in [0.2, 0.25) is 0 Å². The van der Waals surface area contributed by atoms with Crippen LogP contribution in [0.5, 0.6) is 0 Å². The number of nitrogens with zero attached hydrogens (tertiary/aromatic N) is 1. The number of aliphatic hydroxyl groups is 2. The molecule has 20 heavy (non-hydrogen) atoms. The summed E-state index contributed by atoms with van der Waals surface area (Å²) in [5.41, 5.74) is 0. The third-order valence-electron chi connectivity index (χ3n) is 5.18. The van der Waals surface area contributed by atoms with Gasteiger partial charge in [-0.15, -0.1) is 0 Å². The van der Waals surface area contributed by atoms with Gasteiger partial charge < -0.3 is 14.6 Å². The number of rotatable bonds is 2. The molecule has 0 amide bonds. The lowest BCUT2D eigenvalue weighted by atomic mass is 9.94. The zero-order valence-electron chi connectivity index (χ0n) is 13.5. The van der Waals surface area contributed by atoms with Crippen molar-refractivity contribution in [3.05, 3.63) is 0 Å². The molecule has 6 heteroatoms. The average Bonchev–Trinajstić information content (AvgIpc) is 2.70. The van der Waals surface area contributed by atoms with Gasteiger partial charge in [0, 0.05) is 21.0 Å². The highest BCUT2D eigenvalue weighted by Gasteiger charge is 2.49. The molecule has 0 bridgehead atoms. The van der Waals surface area contributed by atoms with Gasteiger partial charge in [0.25, 0.3) is 0 Å². The normalized spacial score (nSPS) is 35.5. The van der Waals surface area contributed by atoms with Crippen molar-refractivity contribution < 1.29 is 14.6 Å². The molecule has 2 rings (SSSR count). The van der Waals surface area contributed by atoms with Gasteiger partial charge in [-0.25, -0.2) is 0 Å². The SMILES string of the molecule is CC(C)(C)[Si](C)(C)O[C@@H]1[C@@H](O)[C@@H](O)CN2CCC[C@H]12.[B]. The fourth-order valence-corrected chi connectivity index (χ4v) is 4.24. The van der Waals surface area contributed by atoms with Crippen molar-refractivity contribution in [2.75, 3.05) is 13.1 Å². The molecule has 2 aliphatic rings. The lowest BCUT2D eigenvalue weighted by Crippen LogP contribution is -2.62. The second-order valence-electron chi connectivity index (χ2n) is 7.61. The number of fused-ring (bicyclic) bond motifs is 1. The Hall–Kier alpha value is 0.122. The van der Waals surface area contributed by atoms with Crippen molar-refractivity contribution in [1.82, 2.24) is 4.90 Å². The lowest BCUT2D eigenvalue weighted by molar-refractivity contribution is -0.121. The van der Waals surface area contributed by atoms with Crippen molar-refractivity contribution in [3.8, 4) is 0 Å². The predicted molar refractivity (Wildman–Crippen MR) is 84.4 cm³/mol. The highest BCUT2D eigenvalue weighted by atomic mass is 28.4. The molecule has 4 nitrogen and oxygen atoms in total. The van der Waals surface area contributed by atoms with E-state index < -0.39 is 20.5 Å². The number of piperidine rings is 1. The Kier molecular flexibility index (Phi) is 5.53. The Morgan fingerprint density at radius 1 is 1.20 bits per heavy atom. The number of hydrogen-bond acceptors (Lipinski definition) is 4. The molecule has 2 heterocycles. The van der Waals surface area contributed by atoms with Crippen molar-refractivity contribution in [3.63, 3.8) is 0 Å². The second-order valence-corrected chi connectivity index (χ2v) is 12.4. The smallest absolute Gasteiger partial charge is 0.192 e. The molecule has 115 valence electrons. The van der Waals surface area contributed by atoms with Crippen LogP contribution in [0.4, 0.5) is 0 Å². The monoisotopic (exact) mass is 298 g/mol. The van der Waals surface area contributed by atoms with E-state index in [2.05, 4.69) is 38.8 Å². The van der Waals surface area contributed by atoms with Crippen LogP contribution < -0.4 is 0 Å². The molecule has 0 spiro atoms. The average molecular weight is 298 g/mol. The molecule has 0 aliphatic carbocycles. The van der Waals surface area contributed by atoms with E-state index in [4.69, 9.17) is 4.43 Å². The first-order valence-corrected chi connectivity index (χ1v) is 10.3. The van der Waals surface area contributed by atoms with E-state index in [1.165, 1.54) is 0 Å². The van der Waals surface area contributed by atoms with Crippen LogP contribution in [0.1, 0.15) is 33.6 Å². The molecule has 4 atom stereocenters. The summed E-state index contributed by atoms with van der Waals surface area (Å²) in [6.07, 6.45) is 0.564. The molecule has 2 fully saturated rings. The first kappa shape index (κ1) is 18.2. The molecule has 0 aromatic carbocycles. The van der Waals surface area contributed by atoms with Gasteiger partial charge in [0.15, 0.2) is 8.32 Å². The van der Waals surface area contributed by atoms with Crippen molar-refractivity contribution >= 4 is 16.7 Å². The first-order valence-electron chi connectivity index (χ1n) is 7.41. The molecule has 0 aromatic rings. The van der Waals surface area contributed by atoms with Crippen molar-refractivity contribution in [2.24, 2.45) is 0 Å². The van der Waals surface area contributed by atoms with E-state index in [0.29, 0.717) is 6.54 Å². The molecule has 2 N–H and O–H groups in total. The Morgan fingerprint density at radius 3 is 2.35 bits per heavy atom. The topological polar surface area (TPSA) is 52.9 Å². The minimum absolute atomic E-state index is 0. The van der Waals surface area contributed by atoms with Crippen molar-refractivity contribution in [1.29, 1.82) is 0 Å². The van der Waals surface area contributed by atoms with Crippen LogP contribution in [0.15, 0.2) is 0 Å². The van der Waals surface area contributed by atoms with E-state index in [0.717, 1.165) is 19.4 Å². The van der Waals surface area contributed by atoms with Crippen LogP contribution >= 0.6 is 0 Å². The predicted octanol–water partition coefficient (Wildman–Crippen LogP) is 1.20. The van der Waals surface area contributed by atoms with Crippen LogP contribution in [-0.4, -0.2) is 69.3 Å². The zero-order chi connectivity index (χ0) is 14.4. The van der Waals surface area contributed by atoms with Crippen LogP contribution in [0, 0.1) is 0 Å². The number of aliphatic hydroxyl groups excluding tert-OH is 2. The summed E-state index contributed by atoms with van der Waals surface area (Å²) >= 11 is 0. The van der Waals surface area contributed by atoms with E-state index >= 15 is 0 Å². The molecule has 0 saturated carbocycles. The highest BCUT2D eigenvalue weighted by Crippen LogP contribution is 2.40. The van der Waals surface area contributed by atoms with Gasteiger partial charge in [0.05, 0.1) is 12.2 Å². The van der Waals surface area contributed by atoms with Gasteiger partial charge in [-0.1, -0.05) is 20.8 Å². The van der Waals surface area contributed by atoms with Gasteiger partial charge in [-0.2, -0.15) is 0 Å². The van der Waals surface area contributed by atoms with Crippen LogP contribution in [0.3, 0.4) is 0 Å². The van der Waals surface area contributed by atoms with Gasteiger partial charge in [-0.3, -0.25) is 4.90 Å². The molecule has 0 aromatic heterocycles. The Balaban J connectivity index is 0.00000200. The highest BCUT2D eigenvalue weighted by molar-refractivity contribution is 6.74. The van der Waals surface area contributed by atoms with E-state index in [1.807, 2.05) is 0 Å². The first-order chi connectivity index (χ1) is 8.63. The standard InChI is InChI=1S/C14H29NO3Si.B/c1-14(2,3)19(4,5)18-13-10-7-6-8-15(10)9-11(16)12(13)17;/h10-13,16-17H,6-9H2,1-5H3;/t10-,11+,12+,13+;/m1./s1. The van der Waals surface area contributed by atoms with Gasteiger partial charge >= 0.3 is 0 Å². The summed E-state index contributed by atoms with van der Waals surface area (Å²) < 4.78 is 6.43. The summed E-state index contributed by atoms with van der Waals surface area (Å²) in [6, 6.07) is 0.285. The molecular formula is C14H29BNO3Si.